The Labute approximate surface area is 115 Å². The third-order valence-corrected chi connectivity index (χ3v) is 3.71. The van der Waals surface area contributed by atoms with Crippen molar-refractivity contribution in [2.24, 2.45) is 0 Å². The lowest BCUT2D eigenvalue weighted by Crippen LogP contribution is -2.28. The maximum atomic E-state index is 11.7. The first-order chi connectivity index (χ1) is 9.25. The summed E-state index contributed by atoms with van der Waals surface area (Å²) < 4.78 is 5.46. The van der Waals surface area contributed by atoms with Gasteiger partial charge in [0.05, 0.1) is 12.5 Å². The first-order valence-corrected chi connectivity index (χ1v) is 7.19. The van der Waals surface area contributed by atoms with Crippen LogP contribution in [0.3, 0.4) is 0 Å². The van der Waals surface area contributed by atoms with E-state index in [0.29, 0.717) is 12.3 Å². The summed E-state index contributed by atoms with van der Waals surface area (Å²) in [6, 6.07) is 10.4. The van der Waals surface area contributed by atoms with Crippen LogP contribution in [0.5, 0.6) is 0 Å². The van der Waals surface area contributed by atoms with E-state index in [9.17, 15) is 4.79 Å². The van der Waals surface area contributed by atoms with E-state index in [2.05, 4.69) is 36.5 Å². The van der Waals surface area contributed by atoms with Gasteiger partial charge < -0.3 is 10.1 Å². The van der Waals surface area contributed by atoms with Gasteiger partial charge in [0.1, 0.15) is 0 Å². The molecule has 0 unspecified atom stereocenters. The molecule has 1 saturated heterocycles. The first kappa shape index (κ1) is 14.1. The third kappa shape index (κ3) is 4.67. The molecule has 2 atom stereocenters. The summed E-state index contributed by atoms with van der Waals surface area (Å²) in [4.78, 5) is 11.7. The highest BCUT2D eigenvalue weighted by atomic mass is 16.5. The molecule has 1 aliphatic heterocycles. The molecule has 0 saturated carbocycles. The van der Waals surface area contributed by atoms with Crippen molar-refractivity contribution in [3.8, 4) is 0 Å². The lowest BCUT2D eigenvalue weighted by molar-refractivity contribution is -0.123. The number of rotatable bonds is 6. The molecule has 3 nitrogen and oxygen atoms in total. The van der Waals surface area contributed by atoms with E-state index >= 15 is 0 Å². The molecule has 19 heavy (non-hydrogen) atoms. The summed E-state index contributed by atoms with van der Waals surface area (Å²) in [6.07, 6.45) is 3.74. The zero-order valence-electron chi connectivity index (χ0n) is 11.6. The van der Waals surface area contributed by atoms with Crippen molar-refractivity contribution < 1.29 is 9.53 Å². The van der Waals surface area contributed by atoms with Gasteiger partial charge in [-0.15, -0.1) is 0 Å². The maximum absolute atomic E-state index is 11.7. The predicted octanol–water partition coefficient (Wildman–Crippen LogP) is 2.87. The summed E-state index contributed by atoms with van der Waals surface area (Å²) in [5.41, 5.74) is 1.33. The van der Waals surface area contributed by atoms with Gasteiger partial charge in [-0.25, -0.2) is 0 Å². The predicted molar refractivity (Wildman–Crippen MR) is 76.1 cm³/mol. The van der Waals surface area contributed by atoms with Crippen LogP contribution in [0, 0.1) is 0 Å². The molecule has 0 aromatic heterocycles. The van der Waals surface area contributed by atoms with Crippen LogP contribution in [0.1, 0.15) is 44.1 Å². The minimum atomic E-state index is 0.118. The van der Waals surface area contributed by atoms with Gasteiger partial charge in [0.15, 0.2) is 0 Å². The fraction of sp³-hybridized carbons (Fsp3) is 0.562. The van der Waals surface area contributed by atoms with Gasteiger partial charge in [0.2, 0.25) is 5.91 Å². The Bertz CT molecular complexity index is 385. The van der Waals surface area contributed by atoms with E-state index in [0.717, 1.165) is 32.4 Å². The zero-order valence-corrected chi connectivity index (χ0v) is 11.6. The highest BCUT2D eigenvalue weighted by Crippen LogP contribution is 2.18. The second-order valence-electron chi connectivity index (χ2n) is 5.29. The summed E-state index contributed by atoms with van der Waals surface area (Å²) in [5, 5.41) is 2.99. The van der Waals surface area contributed by atoms with Crippen molar-refractivity contribution in [2.45, 2.75) is 44.6 Å². The van der Waals surface area contributed by atoms with E-state index in [1.54, 1.807) is 0 Å². The third-order valence-electron chi connectivity index (χ3n) is 3.71. The number of hydrogen-bond acceptors (Lipinski definition) is 2. The van der Waals surface area contributed by atoms with Crippen molar-refractivity contribution >= 4 is 5.91 Å². The average molecular weight is 261 g/mol. The van der Waals surface area contributed by atoms with E-state index in [1.165, 1.54) is 5.56 Å². The zero-order chi connectivity index (χ0) is 13.5. The van der Waals surface area contributed by atoms with Crippen molar-refractivity contribution in [1.82, 2.24) is 5.32 Å². The maximum Gasteiger partial charge on any atom is 0.222 e. The Morgan fingerprint density at radius 3 is 2.89 bits per heavy atom. The summed E-state index contributed by atoms with van der Waals surface area (Å²) in [5.74, 6) is 0.594. The average Bonchev–Trinajstić information content (AvgIpc) is 2.92. The molecule has 1 aromatic rings. The number of nitrogens with one attached hydrogen (secondary N) is 1. The SMILES string of the molecule is C[C@@H](CCNC(=O)C[C@@H]1CCCO1)c1ccccc1. The Hall–Kier alpha value is -1.35. The summed E-state index contributed by atoms with van der Waals surface area (Å²) >= 11 is 0. The molecule has 0 aliphatic carbocycles. The van der Waals surface area contributed by atoms with Crippen LogP contribution >= 0.6 is 0 Å². The lowest BCUT2D eigenvalue weighted by atomic mass is 9.98. The molecule has 1 N–H and O–H groups in total. The van der Waals surface area contributed by atoms with Gasteiger partial charge >= 0.3 is 0 Å². The van der Waals surface area contributed by atoms with Crippen molar-refractivity contribution in [2.75, 3.05) is 13.2 Å². The summed E-state index contributed by atoms with van der Waals surface area (Å²) in [6.45, 7) is 3.74. The minimum Gasteiger partial charge on any atom is -0.378 e. The van der Waals surface area contributed by atoms with Crippen LogP contribution in [-0.4, -0.2) is 25.2 Å². The molecule has 1 aromatic carbocycles. The number of ether oxygens (including phenoxy) is 1. The number of carbonyl (C=O) groups is 1. The molecule has 0 spiro atoms. The largest absolute Gasteiger partial charge is 0.378 e. The van der Waals surface area contributed by atoms with Crippen LogP contribution in [0.4, 0.5) is 0 Å². The topological polar surface area (TPSA) is 38.3 Å². The smallest absolute Gasteiger partial charge is 0.222 e. The number of carbonyl (C=O) groups excluding carboxylic acids is 1. The monoisotopic (exact) mass is 261 g/mol. The van der Waals surface area contributed by atoms with Gasteiger partial charge in [-0.3, -0.25) is 4.79 Å². The molecule has 0 radical (unpaired) electrons. The van der Waals surface area contributed by atoms with Crippen LogP contribution in [-0.2, 0) is 9.53 Å². The van der Waals surface area contributed by atoms with E-state index in [-0.39, 0.29) is 12.0 Å². The Morgan fingerprint density at radius 1 is 1.42 bits per heavy atom. The highest BCUT2D eigenvalue weighted by molar-refractivity contribution is 5.76. The number of hydrogen-bond donors (Lipinski definition) is 1. The van der Waals surface area contributed by atoms with Gasteiger partial charge in [-0.1, -0.05) is 37.3 Å². The quantitative estimate of drug-likeness (QED) is 0.855. The molecular weight excluding hydrogens is 238 g/mol. The molecule has 1 heterocycles. The first-order valence-electron chi connectivity index (χ1n) is 7.19. The molecule has 2 rings (SSSR count). The molecule has 104 valence electrons. The fourth-order valence-corrected chi connectivity index (χ4v) is 2.46. The molecule has 1 aliphatic rings. The molecule has 3 heteroatoms. The van der Waals surface area contributed by atoms with Crippen LogP contribution < -0.4 is 5.32 Å². The van der Waals surface area contributed by atoms with Crippen LogP contribution in [0.25, 0.3) is 0 Å². The molecular formula is C16H23NO2. The second-order valence-corrected chi connectivity index (χ2v) is 5.29. The number of amides is 1. The molecule has 1 fully saturated rings. The van der Waals surface area contributed by atoms with Gasteiger partial charge in [0.25, 0.3) is 0 Å². The van der Waals surface area contributed by atoms with Gasteiger partial charge in [0, 0.05) is 13.2 Å². The number of benzene rings is 1. The van der Waals surface area contributed by atoms with Crippen molar-refractivity contribution in [3.05, 3.63) is 35.9 Å². The fourth-order valence-electron chi connectivity index (χ4n) is 2.46. The van der Waals surface area contributed by atoms with Crippen LogP contribution in [0.15, 0.2) is 30.3 Å². The molecule has 1 amide bonds. The van der Waals surface area contributed by atoms with E-state index < -0.39 is 0 Å². The molecule has 0 bridgehead atoms. The minimum absolute atomic E-state index is 0.118. The Kier molecular flexibility index (Phi) is 5.40. The Morgan fingerprint density at radius 2 is 2.21 bits per heavy atom. The van der Waals surface area contributed by atoms with Gasteiger partial charge in [-0.05, 0) is 30.7 Å². The van der Waals surface area contributed by atoms with E-state index in [1.807, 2.05) is 6.07 Å². The normalized spacial score (nSPS) is 20.2. The summed E-state index contributed by atoms with van der Waals surface area (Å²) in [7, 11) is 0. The van der Waals surface area contributed by atoms with Crippen LogP contribution in [0.2, 0.25) is 0 Å². The lowest BCUT2D eigenvalue weighted by Gasteiger charge is -2.13. The Balaban J connectivity index is 1.64. The van der Waals surface area contributed by atoms with Gasteiger partial charge in [-0.2, -0.15) is 0 Å². The second kappa shape index (κ2) is 7.29. The van der Waals surface area contributed by atoms with E-state index in [4.69, 9.17) is 4.74 Å². The van der Waals surface area contributed by atoms with Crippen molar-refractivity contribution in [1.29, 1.82) is 0 Å². The van der Waals surface area contributed by atoms with Crippen molar-refractivity contribution in [3.63, 3.8) is 0 Å². The standard InChI is InChI=1S/C16H23NO2/c1-13(14-6-3-2-4-7-14)9-10-17-16(18)12-15-8-5-11-19-15/h2-4,6-7,13,15H,5,8-12H2,1H3,(H,17,18)/t13-,15-/m0/s1. The highest BCUT2D eigenvalue weighted by Gasteiger charge is 2.18.